The number of halogens is 1. The highest BCUT2D eigenvalue weighted by molar-refractivity contribution is 9.10. The molecule has 0 spiro atoms. The predicted octanol–water partition coefficient (Wildman–Crippen LogP) is 3.83. The molecule has 72 valence electrons. The Morgan fingerprint density at radius 1 is 1.38 bits per heavy atom. The Kier molecular flexibility index (Phi) is 4.29. The van der Waals surface area contributed by atoms with Crippen LogP contribution in [0.4, 0.5) is 5.69 Å². The van der Waals surface area contributed by atoms with Crippen molar-refractivity contribution in [2.45, 2.75) is 26.2 Å². The van der Waals surface area contributed by atoms with E-state index < -0.39 is 0 Å². The van der Waals surface area contributed by atoms with Crippen LogP contribution in [0.1, 0.15) is 25.3 Å². The van der Waals surface area contributed by atoms with E-state index in [0.29, 0.717) is 0 Å². The van der Waals surface area contributed by atoms with Gasteiger partial charge in [-0.25, -0.2) is 0 Å². The molecule has 0 aromatic heterocycles. The summed E-state index contributed by atoms with van der Waals surface area (Å²) in [4.78, 5) is 0. The van der Waals surface area contributed by atoms with Crippen LogP contribution in [0.3, 0.4) is 0 Å². The Bertz CT molecular complexity index is 271. The van der Waals surface area contributed by atoms with Crippen molar-refractivity contribution in [1.82, 2.24) is 0 Å². The summed E-state index contributed by atoms with van der Waals surface area (Å²) in [5.41, 5.74) is 2.65. The van der Waals surface area contributed by atoms with Gasteiger partial charge in [-0.2, -0.15) is 0 Å². The van der Waals surface area contributed by atoms with Crippen LogP contribution in [0.25, 0.3) is 0 Å². The van der Waals surface area contributed by atoms with E-state index in [4.69, 9.17) is 0 Å². The van der Waals surface area contributed by atoms with Crippen LogP contribution in [0.15, 0.2) is 22.7 Å². The Morgan fingerprint density at radius 3 is 2.77 bits per heavy atom. The number of hydrogen-bond donors (Lipinski definition) is 1. The smallest absolute Gasteiger partial charge is 0.0381 e. The zero-order valence-corrected chi connectivity index (χ0v) is 9.82. The molecule has 0 bridgehead atoms. The summed E-state index contributed by atoms with van der Waals surface area (Å²) in [6.45, 7) is 2.22. The molecule has 1 aromatic carbocycles. The van der Waals surface area contributed by atoms with Crippen molar-refractivity contribution in [2.24, 2.45) is 0 Å². The van der Waals surface area contributed by atoms with E-state index in [2.05, 4.69) is 46.4 Å². The monoisotopic (exact) mass is 241 g/mol. The lowest BCUT2D eigenvalue weighted by atomic mass is 10.1. The second-order valence-electron chi connectivity index (χ2n) is 3.16. The van der Waals surface area contributed by atoms with Gasteiger partial charge in [0.2, 0.25) is 0 Å². The molecule has 0 heterocycles. The molecule has 2 heteroatoms. The summed E-state index contributed by atoms with van der Waals surface area (Å²) in [6.07, 6.45) is 3.68. The lowest BCUT2D eigenvalue weighted by molar-refractivity contribution is 0.796. The van der Waals surface area contributed by atoms with Gasteiger partial charge in [0.1, 0.15) is 0 Å². The SMILES string of the molecule is CCCCc1ccc(Br)cc1NC. The number of aryl methyl sites for hydroxylation is 1. The normalized spacial score (nSPS) is 10.1. The van der Waals surface area contributed by atoms with Crippen LogP contribution < -0.4 is 5.32 Å². The Balaban J connectivity index is 2.79. The molecule has 0 aliphatic carbocycles. The van der Waals surface area contributed by atoms with Crippen LogP contribution in [-0.4, -0.2) is 7.05 Å². The van der Waals surface area contributed by atoms with E-state index in [0.717, 1.165) is 4.47 Å². The van der Waals surface area contributed by atoms with Crippen molar-refractivity contribution in [3.8, 4) is 0 Å². The molecule has 1 aromatic rings. The van der Waals surface area contributed by atoms with Gasteiger partial charge in [-0.15, -0.1) is 0 Å². The summed E-state index contributed by atoms with van der Waals surface area (Å²) in [7, 11) is 1.97. The van der Waals surface area contributed by atoms with Gasteiger partial charge >= 0.3 is 0 Å². The first-order chi connectivity index (χ1) is 6.27. The van der Waals surface area contributed by atoms with Crippen LogP contribution in [0.2, 0.25) is 0 Å². The zero-order chi connectivity index (χ0) is 9.68. The molecular weight excluding hydrogens is 226 g/mol. The predicted molar refractivity (Wildman–Crippen MR) is 62.3 cm³/mol. The average molecular weight is 242 g/mol. The number of nitrogens with one attached hydrogen (secondary N) is 1. The number of benzene rings is 1. The molecule has 0 aliphatic heterocycles. The van der Waals surface area contributed by atoms with Crippen molar-refractivity contribution in [3.63, 3.8) is 0 Å². The van der Waals surface area contributed by atoms with Gasteiger partial charge in [-0.3, -0.25) is 0 Å². The minimum atomic E-state index is 1.14. The molecule has 0 aliphatic rings. The van der Waals surface area contributed by atoms with Gasteiger partial charge in [0.25, 0.3) is 0 Å². The second-order valence-corrected chi connectivity index (χ2v) is 4.07. The first kappa shape index (κ1) is 10.6. The van der Waals surface area contributed by atoms with Crippen LogP contribution >= 0.6 is 15.9 Å². The van der Waals surface area contributed by atoms with Gasteiger partial charge in [0, 0.05) is 17.2 Å². The number of anilines is 1. The summed E-state index contributed by atoms with van der Waals surface area (Å²) >= 11 is 3.47. The highest BCUT2D eigenvalue weighted by Crippen LogP contribution is 2.22. The summed E-state index contributed by atoms with van der Waals surface area (Å²) in [6, 6.07) is 6.42. The molecule has 0 saturated heterocycles. The zero-order valence-electron chi connectivity index (χ0n) is 8.23. The molecule has 0 unspecified atom stereocenters. The van der Waals surface area contributed by atoms with Crippen molar-refractivity contribution in [1.29, 1.82) is 0 Å². The minimum absolute atomic E-state index is 1.14. The standard InChI is InChI=1S/C11H16BrN/c1-3-4-5-9-6-7-10(12)8-11(9)13-2/h6-8,13H,3-5H2,1-2H3. The van der Waals surface area contributed by atoms with Gasteiger partial charge in [0.05, 0.1) is 0 Å². The second kappa shape index (κ2) is 5.28. The lowest BCUT2D eigenvalue weighted by Gasteiger charge is -2.08. The first-order valence-electron chi connectivity index (χ1n) is 4.74. The third-order valence-electron chi connectivity index (χ3n) is 2.14. The van der Waals surface area contributed by atoms with E-state index >= 15 is 0 Å². The van der Waals surface area contributed by atoms with E-state index in [1.54, 1.807) is 0 Å². The van der Waals surface area contributed by atoms with E-state index in [1.807, 2.05) is 7.05 Å². The van der Waals surface area contributed by atoms with E-state index in [-0.39, 0.29) is 0 Å². The van der Waals surface area contributed by atoms with Crippen molar-refractivity contribution < 1.29 is 0 Å². The third-order valence-corrected chi connectivity index (χ3v) is 2.63. The highest BCUT2D eigenvalue weighted by atomic mass is 79.9. The fourth-order valence-electron chi connectivity index (χ4n) is 1.37. The Labute approximate surface area is 88.7 Å². The molecule has 0 radical (unpaired) electrons. The molecule has 0 fully saturated rings. The van der Waals surface area contributed by atoms with Crippen molar-refractivity contribution in [3.05, 3.63) is 28.2 Å². The third kappa shape index (κ3) is 3.03. The molecule has 13 heavy (non-hydrogen) atoms. The van der Waals surface area contributed by atoms with Gasteiger partial charge in [-0.05, 0) is 30.5 Å². The van der Waals surface area contributed by atoms with Gasteiger partial charge in [-0.1, -0.05) is 35.3 Å². The molecule has 0 saturated carbocycles. The summed E-state index contributed by atoms with van der Waals surface area (Å²) < 4.78 is 1.14. The maximum atomic E-state index is 3.47. The molecule has 0 amide bonds. The minimum Gasteiger partial charge on any atom is -0.388 e. The van der Waals surface area contributed by atoms with E-state index in [9.17, 15) is 0 Å². The van der Waals surface area contributed by atoms with E-state index in [1.165, 1.54) is 30.5 Å². The average Bonchev–Trinajstić information content (AvgIpc) is 2.16. The Hall–Kier alpha value is -0.500. The maximum Gasteiger partial charge on any atom is 0.0381 e. The van der Waals surface area contributed by atoms with Crippen LogP contribution in [-0.2, 0) is 6.42 Å². The highest BCUT2D eigenvalue weighted by Gasteiger charge is 2.00. The van der Waals surface area contributed by atoms with Crippen LogP contribution in [0.5, 0.6) is 0 Å². The quantitative estimate of drug-likeness (QED) is 0.845. The number of unbranched alkanes of at least 4 members (excludes halogenated alkanes) is 1. The van der Waals surface area contributed by atoms with Crippen LogP contribution in [0, 0.1) is 0 Å². The number of rotatable bonds is 4. The lowest BCUT2D eigenvalue weighted by Crippen LogP contribution is -1.95. The van der Waals surface area contributed by atoms with Gasteiger partial charge < -0.3 is 5.32 Å². The molecule has 0 atom stereocenters. The largest absolute Gasteiger partial charge is 0.388 e. The number of hydrogen-bond acceptors (Lipinski definition) is 1. The topological polar surface area (TPSA) is 12.0 Å². The van der Waals surface area contributed by atoms with Gasteiger partial charge in [0.15, 0.2) is 0 Å². The molecule has 1 rings (SSSR count). The van der Waals surface area contributed by atoms with Crippen molar-refractivity contribution >= 4 is 21.6 Å². The summed E-state index contributed by atoms with van der Waals surface area (Å²) in [5, 5.41) is 3.22. The summed E-state index contributed by atoms with van der Waals surface area (Å²) in [5.74, 6) is 0. The molecule has 1 nitrogen and oxygen atoms in total. The molecule has 1 N–H and O–H groups in total. The Morgan fingerprint density at radius 2 is 2.15 bits per heavy atom. The fraction of sp³-hybridized carbons (Fsp3) is 0.455. The molecular formula is C11H16BrN. The van der Waals surface area contributed by atoms with Crippen molar-refractivity contribution in [2.75, 3.05) is 12.4 Å². The fourth-order valence-corrected chi connectivity index (χ4v) is 1.73. The maximum absolute atomic E-state index is 3.47. The first-order valence-corrected chi connectivity index (χ1v) is 5.53.